The van der Waals surface area contributed by atoms with Crippen LogP contribution in [0.1, 0.15) is 27.2 Å². The van der Waals surface area contributed by atoms with Gasteiger partial charge >= 0.3 is 6.03 Å². The Morgan fingerprint density at radius 2 is 2.05 bits per heavy atom. The minimum atomic E-state index is -1.35. The number of amides is 2. The van der Waals surface area contributed by atoms with Crippen LogP contribution in [-0.4, -0.2) is 27.5 Å². The molecule has 0 spiro atoms. The highest BCUT2D eigenvalue weighted by Crippen LogP contribution is 2.37. The van der Waals surface area contributed by atoms with Gasteiger partial charge in [0.2, 0.25) is 0 Å². The van der Waals surface area contributed by atoms with Crippen molar-refractivity contribution in [3.8, 4) is 0 Å². The molecule has 1 aliphatic rings. The number of rotatable bonds is 1. The lowest BCUT2D eigenvalue weighted by molar-refractivity contribution is -0.256. The first-order valence-corrected chi connectivity index (χ1v) is 6.36. The van der Waals surface area contributed by atoms with Crippen molar-refractivity contribution in [3.63, 3.8) is 0 Å². The second kappa shape index (κ2) is 4.67. The van der Waals surface area contributed by atoms with Gasteiger partial charge in [-0.25, -0.2) is 9.63 Å². The highest BCUT2D eigenvalue weighted by atomic mass is 35.5. The summed E-state index contributed by atoms with van der Waals surface area (Å²) in [5.41, 5.74) is -0.102. The van der Waals surface area contributed by atoms with Gasteiger partial charge in [-0.05, 0) is 32.9 Å². The highest BCUT2D eigenvalue weighted by Gasteiger charge is 2.49. The summed E-state index contributed by atoms with van der Waals surface area (Å²) < 4.78 is 0. The molecular formula is C13H17ClN2O3. The van der Waals surface area contributed by atoms with E-state index in [4.69, 9.17) is 16.4 Å². The number of carbonyl (C=O) groups is 1. The predicted molar refractivity (Wildman–Crippen MR) is 72.7 cm³/mol. The van der Waals surface area contributed by atoms with Crippen molar-refractivity contribution in [1.82, 2.24) is 5.06 Å². The van der Waals surface area contributed by atoms with Crippen molar-refractivity contribution >= 4 is 23.3 Å². The number of hydrogen-bond donors (Lipinski definition) is 2. The first kappa shape index (κ1) is 14.1. The summed E-state index contributed by atoms with van der Waals surface area (Å²) in [5.74, 6) is -1.35. The Balaban J connectivity index is 2.15. The third-order valence-electron chi connectivity index (χ3n) is 2.90. The van der Waals surface area contributed by atoms with Gasteiger partial charge in [0.1, 0.15) is 0 Å². The van der Waals surface area contributed by atoms with Crippen LogP contribution < -0.4 is 5.32 Å². The van der Waals surface area contributed by atoms with Gasteiger partial charge in [-0.2, -0.15) is 5.06 Å². The summed E-state index contributed by atoms with van der Waals surface area (Å²) >= 11 is 5.98. The summed E-state index contributed by atoms with van der Waals surface area (Å²) in [5, 5.41) is 14.2. The monoisotopic (exact) mass is 284 g/mol. The second-order valence-electron chi connectivity index (χ2n) is 5.46. The van der Waals surface area contributed by atoms with Crippen LogP contribution in [0.3, 0.4) is 0 Å². The first-order chi connectivity index (χ1) is 8.71. The van der Waals surface area contributed by atoms with E-state index in [1.807, 2.05) is 13.8 Å². The Hall–Kier alpha value is -1.30. The van der Waals surface area contributed by atoms with Crippen LogP contribution >= 0.6 is 11.6 Å². The molecule has 1 heterocycles. The molecule has 1 aromatic rings. The number of para-hydroxylation sites is 1. The summed E-state index contributed by atoms with van der Waals surface area (Å²) in [4.78, 5) is 17.5. The first-order valence-electron chi connectivity index (χ1n) is 5.99. The molecule has 0 saturated carbocycles. The van der Waals surface area contributed by atoms with E-state index in [1.54, 1.807) is 24.3 Å². The lowest BCUT2D eigenvalue weighted by atomic mass is 9.97. The van der Waals surface area contributed by atoms with E-state index in [-0.39, 0.29) is 0 Å². The van der Waals surface area contributed by atoms with E-state index in [2.05, 4.69) is 5.32 Å². The maximum atomic E-state index is 12.2. The molecule has 1 saturated heterocycles. The molecule has 6 heteroatoms. The molecule has 104 valence electrons. The van der Waals surface area contributed by atoms with Crippen LogP contribution in [0.4, 0.5) is 10.5 Å². The smallest absolute Gasteiger partial charge is 0.346 e. The molecule has 0 aliphatic carbocycles. The summed E-state index contributed by atoms with van der Waals surface area (Å²) in [7, 11) is 0. The van der Waals surface area contributed by atoms with Crippen molar-refractivity contribution in [3.05, 3.63) is 29.3 Å². The lowest BCUT2D eigenvalue weighted by Crippen LogP contribution is -2.44. The van der Waals surface area contributed by atoms with Crippen LogP contribution in [-0.2, 0) is 4.84 Å². The molecule has 1 aliphatic heterocycles. The molecule has 1 atom stereocenters. The largest absolute Gasteiger partial charge is 0.364 e. The molecule has 0 bridgehead atoms. The Morgan fingerprint density at radius 3 is 2.58 bits per heavy atom. The minimum Gasteiger partial charge on any atom is -0.364 e. The third kappa shape index (κ3) is 3.00. The molecule has 5 nitrogen and oxygen atoms in total. The number of anilines is 1. The van der Waals surface area contributed by atoms with Gasteiger partial charge in [0.25, 0.3) is 0 Å². The Kier molecular flexibility index (Phi) is 3.47. The average Bonchev–Trinajstić information content (AvgIpc) is 2.50. The zero-order valence-electron chi connectivity index (χ0n) is 11.1. The van der Waals surface area contributed by atoms with Gasteiger partial charge in [-0.1, -0.05) is 23.7 Å². The standard InChI is InChI=1S/C13H17ClN2O3/c1-12(2)8-13(3,18)19-16(12)11(17)15-10-7-5-4-6-9(10)14/h4-7,18H,8H2,1-3H3,(H,15,17)/t13-/m1/s1. The maximum Gasteiger partial charge on any atom is 0.346 e. The quantitative estimate of drug-likeness (QED) is 0.833. The van der Waals surface area contributed by atoms with Crippen molar-refractivity contribution in [2.24, 2.45) is 0 Å². The predicted octanol–water partition coefficient (Wildman–Crippen LogP) is 3.00. The van der Waals surface area contributed by atoms with Crippen molar-refractivity contribution < 1.29 is 14.7 Å². The van der Waals surface area contributed by atoms with E-state index in [9.17, 15) is 9.90 Å². The summed E-state index contributed by atoms with van der Waals surface area (Å²) in [6.07, 6.45) is 0.329. The van der Waals surface area contributed by atoms with Crippen LogP contribution in [0.2, 0.25) is 5.02 Å². The molecule has 1 fully saturated rings. The summed E-state index contributed by atoms with van der Waals surface area (Å²) in [6, 6.07) is 6.47. The number of nitrogens with one attached hydrogen (secondary N) is 1. The van der Waals surface area contributed by atoms with Crippen LogP contribution in [0.5, 0.6) is 0 Å². The number of carbonyl (C=O) groups excluding carboxylic acids is 1. The molecule has 2 rings (SSSR count). The van der Waals surface area contributed by atoms with Crippen LogP contribution in [0.15, 0.2) is 24.3 Å². The van der Waals surface area contributed by atoms with Gasteiger partial charge in [-0.15, -0.1) is 0 Å². The van der Waals surface area contributed by atoms with E-state index in [0.717, 1.165) is 5.06 Å². The fraction of sp³-hybridized carbons (Fsp3) is 0.462. The Bertz CT molecular complexity index is 502. The maximum absolute atomic E-state index is 12.2. The summed E-state index contributed by atoms with van der Waals surface area (Å²) in [6.45, 7) is 5.17. The van der Waals surface area contributed by atoms with Crippen LogP contribution in [0.25, 0.3) is 0 Å². The van der Waals surface area contributed by atoms with Crippen molar-refractivity contribution in [2.75, 3.05) is 5.32 Å². The highest BCUT2D eigenvalue weighted by molar-refractivity contribution is 6.33. The minimum absolute atomic E-state index is 0.329. The molecule has 2 amide bonds. The van der Waals surface area contributed by atoms with E-state index >= 15 is 0 Å². The van der Waals surface area contributed by atoms with Gasteiger partial charge in [0, 0.05) is 6.42 Å². The Labute approximate surface area is 117 Å². The SMILES string of the molecule is CC1(C)C[C@](C)(O)ON1C(=O)Nc1ccccc1Cl. The molecule has 1 aromatic carbocycles. The van der Waals surface area contributed by atoms with Crippen LogP contribution in [0, 0.1) is 0 Å². The number of hydrogen-bond acceptors (Lipinski definition) is 3. The number of halogens is 1. The molecule has 0 unspecified atom stereocenters. The zero-order chi connectivity index (χ0) is 14.3. The van der Waals surface area contributed by atoms with E-state index in [1.165, 1.54) is 6.92 Å². The number of nitrogens with zero attached hydrogens (tertiary/aromatic N) is 1. The fourth-order valence-corrected chi connectivity index (χ4v) is 2.45. The fourth-order valence-electron chi connectivity index (χ4n) is 2.27. The molecule has 0 radical (unpaired) electrons. The second-order valence-corrected chi connectivity index (χ2v) is 5.87. The van der Waals surface area contributed by atoms with E-state index in [0.29, 0.717) is 17.1 Å². The number of benzene rings is 1. The van der Waals surface area contributed by atoms with E-state index < -0.39 is 17.4 Å². The average molecular weight is 285 g/mol. The molecular weight excluding hydrogens is 268 g/mol. The Morgan fingerprint density at radius 1 is 1.42 bits per heavy atom. The molecule has 2 N–H and O–H groups in total. The normalized spacial score (nSPS) is 25.4. The number of urea groups is 1. The molecule has 19 heavy (non-hydrogen) atoms. The van der Waals surface area contributed by atoms with Crippen molar-refractivity contribution in [2.45, 2.75) is 38.5 Å². The van der Waals surface area contributed by atoms with Gasteiger partial charge in [-0.3, -0.25) is 0 Å². The topological polar surface area (TPSA) is 61.8 Å². The number of hydroxylamine groups is 2. The van der Waals surface area contributed by atoms with Gasteiger partial charge < -0.3 is 10.4 Å². The van der Waals surface area contributed by atoms with Gasteiger partial charge in [0.15, 0.2) is 5.79 Å². The van der Waals surface area contributed by atoms with Gasteiger partial charge in [0.05, 0.1) is 16.2 Å². The van der Waals surface area contributed by atoms with Crippen molar-refractivity contribution in [1.29, 1.82) is 0 Å². The third-order valence-corrected chi connectivity index (χ3v) is 3.23. The lowest BCUT2D eigenvalue weighted by Gasteiger charge is -2.28. The molecule has 0 aromatic heterocycles. The number of aliphatic hydroxyl groups is 1. The zero-order valence-corrected chi connectivity index (χ0v) is 11.9.